The SMILES string of the molecule is COc1cccc(CN(C)C(=O)c2cc(Br)ccc2F)c1. The van der Waals surface area contributed by atoms with Gasteiger partial charge in [-0.3, -0.25) is 4.79 Å². The molecule has 0 atom stereocenters. The molecule has 0 heterocycles. The normalized spacial score (nSPS) is 10.3. The minimum atomic E-state index is -0.527. The monoisotopic (exact) mass is 351 g/mol. The van der Waals surface area contributed by atoms with Crippen LogP contribution in [0.3, 0.4) is 0 Å². The second kappa shape index (κ2) is 6.72. The quantitative estimate of drug-likeness (QED) is 0.836. The molecule has 0 aliphatic carbocycles. The molecule has 0 aliphatic heterocycles. The second-order valence-corrected chi connectivity index (χ2v) is 5.55. The summed E-state index contributed by atoms with van der Waals surface area (Å²) in [6, 6.07) is 11.8. The Bertz CT molecular complexity index is 660. The molecule has 1 amide bonds. The lowest BCUT2D eigenvalue weighted by atomic mass is 10.1. The standard InChI is InChI=1S/C16H15BrFNO2/c1-19(10-11-4-3-5-13(8-11)21-2)16(20)14-9-12(17)6-7-15(14)18/h3-9H,10H2,1-2H3. The van der Waals surface area contributed by atoms with Crippen molar-refractivity contribution in [3.63, 3.8) is 0 Å². The minimum absolute atomic E-state index is 0.0507. The van der Waals surface area contributed by atoms with E-state index in [-0.39, 0.29) is 11.5 Å². The highest BCUT2D eigenvalue weighted by atomic mass is 79.9. The van der Waals surface area contributed by atoms with Crippen molar-refractivity contribution in [1.29, 1.82) is 0 Å². The maximum atomic E-state index is 13.7. The number of hydrogen-bond donors (Lipinski definition) is 0. The largest absolute Gasteiger partial charge is 0.497 e. The Kier molecular flexibility index (Phi) is 4.96. The number of ether oxygens (including phenoxy) is 1. The van der Waals surface area contributed by atoms with E-state index in [9.17, 15) is 9.18 Å². The van der Waals surface area contributed by atoms with E-state index >= 15 is 0 Å². The Balaban J connectivity index is 2.17. The van der Waals surface area contributed by atoms with Crippen molar-refractivity contribution in [3.05, 3.63) is 63.9 Å². The van der Waals surface area contributed by atoms with Gasteiger partial charge in [-0.25, -0.2) is 4.39 Å². The van der Waals surface area contributed by atoms with Crippen LogP contribution in [-0.2, 0) is 6.54 Å². The first-order chi connectivity index (χ1) is 10.0. The summed E-state index contributed by atoms with van der Waals surface area (Å²) < 4.78 is 19.6. The number of methoxy groups -OCH3 is 1. The molecule has 110 valence electrons. The van der Waals surface area contributed by atoms with Crippen molar-refractivity contribution in [3.8, 4) is 5.75 Å². The van der Waals surface area contributed by atoms with E-state index in [2.05, 4.69) is 15.9 Å². The molecule has 0 saturated heterocycles. The van der Waals surface area contributed by atoms with Gasteiger partial charge in [0, 0.05) is 18.1 Å². The molecule has 2 aromatic carbocycles. The first-order valence-corrected chi connectivity index (χ1v) is 7.14. The van der Waals surface area contributed by atoms with Crippen molar-refractivity contribution in [1.82, 2.24) is 4.90 Å². The highest BCUT2D eigenvalue weighted by molar-refractivity contribution is 9.10. The second-order valence-electron chi connectivity index (χ2n) is 4.64. The van der Waals surface area contributed by atoms with Gasteiger partial charge in [-0.2, -0.15) is 0 Å². The van der Waals surface area contributed by atoms with E-state index in [1.807, 2.05) is 24.3 Å². The summed E-state index contributed by atoms with van der Waals surface area (Å²) in [6.07, 6.45) is 0. The molecule has 5 heteroatoms. The van der Waals surface area contributed by atoms with Gasteiger partial charge in [-0.05, 0) is 35.9 Å². The summed E-state index contributed by atoms with van der Waals surface area (Å²) in [6.45, 7) is 0.377. The molecule has 0 fully saturated rings. The van der Waals surface area contributed by atoms with E-state index in [0.717, 1.165) is 11.3 Å². The third kappa shape index (κ3) is 3.82. The van der Waals surface area contributed by atoms with Gasteiger partial charge >= 0.3 is 0 Å². The maximum absolute atomic E-state index is 13.7. The molecule has 2 aromatic rings. The van der Waals surface area contributed by atoms with E-state index in [4.69, 9.17) is 4.74 Å². The lowest BCUT2D eigenvalue weighted by Crippen LogP contribution is -2.27. The number of carbonyl (C=O) groups excluding carboxylic acids is 1. The first kappa shape index (κ1) is 15.5. The summed E-state index contributed by atoms with van der Waals surface area (Å²) in [7, 11) is 3.23. The molecule has 0 unspecified atom stereocenters. The zero-order chi connectivity index (χ0) is 15.4. The Labute approximate surface area is 131 Å². The van der Waals surface area contributed by atoms with E-state index in [1.165, 1.54) is 17.0 Å². The smallest absolute Gasteiger partial charge is 0.256 e. The molecule has 21 heavy (non-hydrogen) atoms. The number of hydrogen-bond acceptors (Lipinski definition) is 2. The van der Waals surface area contributed by atoms with Crippen LogP contribution < -0.4 is 4.74 Å². The number of carbonyl (C=O) groups is 1. The van der Waals surface area contributed by atoms with Crippen molar-refractivity contribution < 1.29 is 13.9 Å². The molecule has 0 radical (unpaired) electrons. The fourth-order valence-electron chi connectivity index (χ4n) is 1.98. The predicted octanol–water partition coefficient (Wildman–Crippen LogP) is 3.87. The molecule has 0 saturated carbocycles. The summed E-state index contributed by atoms with van der Waals surface area (Å²) in [5, 5.41) is 0. The number of nitrogens with zero attached hydrogens (tertiary/aromatic N) is 1. The van der Waals surface area contributed by atoms with Gasteiger partial charge in [0.25, 0.3) is 5.91 Å². The Hall–Kier alpha value is -1.88. The molecule has 0 spiro atoms. The Morgan fingerprint density at radius 2 is 2.05 bits per heavy atom. The highest BCUT2D eigenvalue weighted by Crippen LogP contribution is 2.19. The van der Waals surface area contributed by atoms with Crippen LogP contribution in [0.2, 0.25) is 0 Å². The summed E-state index contributed by atoms with van der Waals surface area (Å²) in [5.41, 5.74) is 0.968. The van der Waals surface area contributed by atoms with E-state index in [1.54, 1.807) is 20.2 Å². The Morgan fingerprint density at radius 3 is 2.76 bits per heavy atom. The first-order valence-electron chi connectivity index (χ1n) is 6.34. The van der Waals surface area contributed by atoms with Crippen molar-refractivity contribution in [2.75, 3.05) is 14.2 Å². The summed E-state index contributed by atoms with van der Waals surface area (Å²) in [4.78, 5) is 13.8. The molecule has 0 aliphatic rings. The van der Waals surface area contributed by atoms with Gasteiger partial charge < -0.3 is 9.64 Å². The third-order valence-electron chi connectivity index (χ3n) is 3.06. The average Bonchev–Trinajstić information content (AvgIpc) is 2.49. The maximum Gasteiger partial charge on any atom is 0.256 e. The van der Waals surface area contributed by atoms with Crippen LogP contribution in [0, 0.1) is 5.82 Å². The fraction of sp³-hybridized carbons (Fsp3) is 0.188. The zero-order valence-electron chi connectivity index (χ0n) is 11.8. The van der Waals surface area contributed by atoms with Crippen LogP contribution in [0.4, 0.5) is 4.39 Å². The molecular formula is C16H15BrFNO2. The molecule has 0 aromatic heterocycles. The summed E-state index contributed by atoms with van der Waals surface area (Å²) in [5.74, 6) is -0.167. The van der Waals surface area contributed by atoms with Crippen LogP contribution in [-0.4, -0.2) is 25.0 Å². The van der Waals surface area contributed by atoms with Gasteiger partial charge in [-0.1, -0.05) is 28.1 Å². The van der Waals surface area contributed by atoms with Crippen molar-refractivity contribution in [2.45, 2.75) is 6.54 Å². The minimum Gasteiger partial charge on any atom is -0.497 e. The number of halogens is 2. The zero-order valence-corrected chi connectivity index (χ0v) is 13.4. The van der Waals surface area contributed by atoms with Crippen molar-refractivity contribution >= 4 is 21.8 Å². The van der Waals surface area contributed by atoms with Gasteiger partial charge in [0.1, 0.15) is 11.6 Å². The van der Waals surface area contributed by atoms with Crippen LogP contribution in [0.1, 0.15) is 15.9 Å². The van der Waals surface area contributed by atoms with Crippen LogP contribution in [0.5, 0.6) is 5.75 Å². The van der Waals surface area contributed by atoms with E-state index in [0.29, 0.717) is 11.0 Å². The lowest BCUT2D eigenvalue weighted by molar-refractivity contribution is 0.0780. The molecule has 0 bridgehead atoms. The van der Waals surface area contributed by atoms with Crippen LogP contribution in [0.15, 0.2) is 46.9 Å². The lowest BCUT2D eigenvalue weighted by Gasteiger charge is -2.18. The van der Waals surface area contributed by atoms with Crippen molar-refractivity contribution in [2.24, 2.45) is 0 Å². The third-order valence-corrected chi connectivity index (χ3v) is 3.55. The van der Waals surface area contributed by atoms with Gasteiger partial charge in [0.2, 0.25) is 0 Å². The van der Waals surface area contributed by atoms with Gasteiger partial charge in [0.05, 0.1) is 12.7 Å². The molecule has 0 N–H and O–H groups in total. The highest BCUT2D eigenvalue weighted by Gasteiger charge is 2.17. The van der Waals surface area contributed by atoms with Gasteiger partial charge in [0.15, 0.2) is 0 Å². The Morgan fingerprint density at radius 1 is 1.29 bits per heavy atom. The van der Waals surface area contributed by atoms with Gasteiger partial charge in [-0.15, -0.1) is 0 Å². The molecule has 2 rings (SSSR count). The average molecular weight is 352 g/mol. The van der Waals surface area contributed by atoms with Crippen LogP contribution >= 0.6 is 15.9 Å². The number of benzene rings is 2. The number of amides is 1. The summed E-state index contributed by atoms with van der Waals surface area (Å²) >= 11 is 3.25. The number of rotatable bonds is 4. The van der Waals surface area contributed by atoms with E-state index < -0.39 is 5.82 Å². The molecule has 3 nitrogen and oxygen atoms in total. The molecular weight excluding hydrogens is 337 g/mol. The van der Waals surface area contributed by atoms with Crippen LogP contribution in [0.25, 0.3) is 0 Å². The topological polar surface area (TPSA) is 29.5 Å². The fourth-order valence-corrected chi connectivity index (χ4v) is 2.34. The predicted molar refractivity (Wildman–Crippen MR) is 82.9 cm³/mol.